The topological polar surface area (TPSA) is 203 Å². The van der Waals surface area contributed by atoms with Crippen molar-refractivity contribution < 1.29 is 24.3 Å². The van der Waals surface area contributed by atoms with Gasteiger partial charge in [0.1, 0.15) is 18.1 Å². The number of hydrogen-bond acceptors (Lipinski definition) is 8. The zero-order chi connectivity index (χ0) is 26.9. The fourth-order valence-electron chi connectivity index (χ4n) is 3.48. The molecule has 1 aromatic rings. The summed E-state index contributed by atoms with van der Waals surface area (Å²) in [6, 6.07) is 5.00. The number of thiol groups is 1. The Hall–Kier alpha value is -2.67. The first kappa shape index (κ1) is 31.4. The summed E-state index contributed by atoms with van der Waals surface area (Å²) in [6.07, 6.45) is 3.02. The van der Waals surface area contributed by atoms with Gasteiger partial charge in [0.05, 0.1) is 6.04 Å². The van der Waals surface area contributed by atoms with Gasteiger partial charge in [0.2, 0.25) is 17.7 Å². The van der Waals surface area contributed by atoms with Crippen molar-refractivity contribution in [1.29, 1.82) is 0 Å². The molecule has 0 radical (unpaired) electrons. The molecule has 0 aliphatic rings. The summed E-state index contributed by atoms with van der Waals surface area (Å²) in [4.78, 5) is 50.4. The summed E-state index contributed by atoms with van der Waals surface area (Å²) < 4.78 is 0. The largest absolute Gasteiger partial charge is 0.480 e. The molecule has 202 valence electrons. The summed E-state index contributed by atoms with van der Waals surface area (Å²) in [7, 11) is 0. The van der Waals surface area contributed by atoms with Crippen molar-refractivity contribution in [2.24, 2.45) is 17.2 Å². The number of carbonyl (C=O) groups is 4. The van der Waals surface area contributed by atoms with Crippen LogP contribution in [0.25, 0.3) is 0 Å². The predicted octanol–water partition coefficient (Wildman–Crippen LogP) is -0.717. The molecule has 0 aromatic heterocycles. The zero-order valence-corrected chi connectivity index (χ0v) is 21.4. The van der Waals surface area contributed by atoms with Crippen LogP contribution in [-0.2, 0) is 25.6 Å². The average Bonchev–Trinajstić information content (AvgIpc) is 2.87. The molecule has 4 unspecified atom stereocenters. The van der Waals surface area contributed by atoms with Crippen molar-refractivity contribution in [2.45, 2.75) is 69.1 Å². The average molecular weight is 525 g/mol. The molecule has 3 amide bonds. The summed E-state index contributed by atoms with van der Waals surface area (Å²) >= 11 is 4.02. The van der Waals surface area contributed by atoms with Crippen molar-refractivity contribution in [3.8, 4) is 0 Å². The first-order valence-electron chi connectivity index (χ1n) is 12.2. The minimum absolute atomic E-state index is 0.0999. The van der Waals surface area contributed by atoms with Crippen LogP contribution >= 0.6 is 12.6 Å². The number of rotatable bonds is 18. The highest BCUT2D eigenvalue weighted by atomic mass is 32.1. The van der Waals surface area contributed by atoms with E-state index < -0.39 is 47.9 Å². The maximum Gasteiger partial charge on any atom is 0.326 e. The van der Waals surface area contributed by atoms with E-state index in [2.05, 4.69) is 28.6 Å². The number of hydrogen-bond donors (Lipinski definition) is 8. The maximum absolute atomic E-state index is 13.2. The first-order valence-corrected chi connectivity index (χ1v) is 12.8. The third-order valence-electron chi connectivity index (χ3n) is 5.59. The number of nitrogens with two attached hydrogens (primary N) is 3. The number of amides is 3. The molecule has 1 aromatic carbocycles. The van der Waals surface area contributed by atoms with Crippen LogP contribution in [0.1, 0.15) is 44.1 Å². The molecular weight excluding hydrogens is 484 g/mol. The normalized spacial score (nSPS) is 14.2. The van der Waals surface area contributed by atoms with Crippen molar-refractivity contribution in [1.82, 2.24) is 16.0 Å². The van der Waals surface area contributed by atoms with Gasteiger partial charge < -0.3 is 38.3 Å². The Bertz CT molecular complexity index is 828. The van der Waals surface area contributed by atoms with Crippen LogP contribution < -0.4 is 33.2 Å². The molecule has 0 aliphatic carbocycles. The Morgan fingerprint density at radius 3 is 1.81 bits per heavy atom. The van der Waals surface area contributed by atoms with E-state index in [-0.39, 0.29) is 18.6 Å². The molecule has 4 atom stereocenters. The smallest absolute Gasteiger partial charge is 0.326 e. The molecule has 0 aliphatic heterocycles. The minimum atomic E-state index is -1.17. The highest BCUT2D eigenvalue weighted by Gasteiger charge is 2.30. The lowest BCUT2D eigenvalue weighted by Crippen LogP contribution is -2.57. The van der Waals surface area contributed by atoms with E-state index in [1.54, 1.807) is 24.3 Å². The monoisotopic (exact) mass is 524 g/mol. The van der Waals surface area contributed by atoms with Crippen LogP contribution in [0.4, 0.5) is 0 Å². The van der Waals surface area contributed by atoms with E-state index in [9.17, 15) is 24.3 Å². The number of unbranched alkanes of at least 4 members (excludes halogenated alkanes) is 2. The number of benzene rings is 1. The Labute approximate surface area is 217 Å². The van der Waals surface area contributed by atoms with E-state index in [0.717, 1.165) is 5.56 Å². The molecule has 12 heteroatoms. The number of aliphatic carboxylic acids is 1. The van der Waals surface area contributed by atoms with Gasteiger partial charge in [0.25, 0.3) is 0 Å². The van der Waals surface area contributed by atoms with E-state index in [1.807, 2.05) is 6.07 Å². The SMILES string of the molecule is NCCCCC(NC(=O)C(Cc1ccccc1)NC(=O)C(CCCCN)NC(=O)C(N)CS)C(=O)O. The standard InChI is InChI=1S/C24H40N6O5S/c25-12-6-4-10-18(28-21(31)17(27)15-36)22(32)30-20(14-16-8-2-1-3-9-16)23(33)29-19(24(34)35)11-5-7-13-26/h1-3,8-9,17-20,36H,4-7,10-15,25-27H2,(H,28,31)(H,29,33)(H,30,32)(H,34,35). The Kier molecular flexibility index (Phi) is 15.4. The molecule has 0 heterocycles. The quantitative estimate of drug-likeness (QED) is 0.0907. The third-order valence-corrected chi connectivity index (χ3v) is 5.98. The highest BCUT2D eigenvalue weighted by Crippen LogP contribution is 2.08. The Morgan fingerprint density at radius 2 is 1.28 bits per heavy atom. The summed E-state index contributed by atoms with van der Waals surface area (Å²) in [5, 5.41) is 17.4. The van der Waals surface area contributed by atoms with Gasteiger partial charge >= 0.3 is 5.97 Å². The number of carbonyl (C=O) groups excluding carboxylic acids is 3. The minimum Gasteiger partial charge on any atom is -0.480 e. The molecule has 0 fully saturated rings. The third kappa shape index (κ3) is 11.8. The molecule has 0 saturated carbocycles. The van der Waals surface area contributed by atoms with Gasteiger partial charge in [-0.15, -0.1) is 0 Å². The van der Waals surface area contributed by atoms with Gasteiger partial charge in [-0.1, -0.05) is 30.3 Å². The van der Waals surface area contributed by atoms with Crippen molar-refractivity contribution in [3.63, 3.8) is 0 Å². The van der Waals surface area contributed by atoms with E-state index in [4.69, 9.17) is 17.2 Å². The second-order valence-electron chi connectivity index (χ2n) is 8.57. The lowest BCUT2D eigenvalue weighted by Gasteiger charge is -2.25. The van der Waals surface area contributed by atoms with E-state index in [0.29, 0.717) is 45.2 Å². The first-order chi connectivity index (χ1) is 17.2. The highest BCUT2D eigenvalue weighted by molar-refractivity contribution is 7.80. The molecular formula is C24H40N6O5S. The number of carboxylic acid groups (broad SMARTS) is 1. The Morgan fingerprint density at radius 1 is 0.778 bits per heavy atom. The van der Waals surface area contributed by atoms with Gasteiger partial charge in [-0.25, -0.2) is 4.79 Å². The Balaban J connectivity index is 3.06. The van der Waals surface area contributed by atoms with Crippen LogP contribution in [0.2, 0.25) is 0 Å². The maximum atomic E-state index is 13.2. The number of carboxylic acids is 1. The molecule has 10 N–H and O–H groups in total. The van der Waals surface area contributed by atoms with E-state index in [1.165, 1.54) is 0 Å². The summed E-state index contributed by atoms with van der Waals surface area (Å²) in [5.74, 6) is -2.81. The van der Waals surface area contributed by atoms with Crippen molar-refractivity contribution >= 4 is 36.3 Å². The van der Waals surface area contributed by atoms with Crippen molar-refractivity contribution in [3.05, 3.63) is 35.9 Å². The zero-order valence-electron chi connectivity index (χ0n) is 20.5. The molecule has 36 heavy (non-hydrogen) atoms. The van der Waals surface area contributed by atoms with Gasteiger partial charge in [0, 0.05) is 12.2 Å². The molecule has 1 rings (SSSR count). The summed E-state index contributed by atoms with van der Waals surface area (Å²) in [6.45, 7) is 0.847. The number of nitrogens with one attached hydrogen (secondary N) is 3. The van der Waals surface area contributed by atoms with Crippen LogP contribution in [0.3, 0.4) is 0 Å². The van der Waals surface area contributed by atoms with Gasteiger partial charge in [-0.3, -0.25) is 14.4 Å². The van der Waals surface area contributed by atoms with Crippen LogP contribution in [0.5, 0.6) is 0 Å². The second kappa shape index (κ2) is 17.7. The molecule has 0 spiro atoms. The fourth-order valence-corrected chi connectivity index (χ4v) is 3.64. The van der Waals surface area contributed by atoms with Crippen LogP contribution in [-0.4, -0.2) is 71.8 Å². The van der Waals surface area contributed by atoms with Crippen LogP contribution in [0, 0.1) is 0 Å². The molecule has 11 nitrogen and oxygen atoms in total. The second-order valence-corrected chi connectivity index (χ2v) is 8.93. The summed E-state index contributed by atoms with van der Waals surface area (Å²) in [5.41, 5.74) is 17.5. The predicted molar refractivity (Wildman–Crippen MR) is 141 cm³/mol. The van der Waals surface area contributed by atoms with E-state index >= 15 is 0 Å². The molecule has 0 saturated heterocycles. The fraction of sp³-hybridized carbons (Fsp3) is 0.583. The van der Waals surface area contributed by atoms with Crippen molar-refractivity contribution in [2.75, 3.05) is 18.8 Å². The van der Waals surface area contributed by atoms with Gasteiger partial charge in [-0.2, -0.15) is 12.6 Å². The lowest BCUT2D eigenvalue weighted by atomic mass is 10.0. The van der Waals surface area contributed by atoms with Crippen LogP contribution in [0.15, 0.2) is 30.3 Å². The van der Waals surface area contributed by atoms with Gasteiger partial charge in [-0.05, 0) is 57.2 Å². The molecule has 0 bridgehead atoms. The van der Waals surface area contributed by atoms with Gasteiger partial charge in [0.15, 0.2) is 0 Å². The lowest BCUT2D eigenvalue weighted by molar-refractivity contribution is -0.142.